The minimum Gasteiger partial charge on any atom is -0.508 e. The van der Waals surface area contributed by atoms with Crippen LogP contribution in [-0.4, -0.2) is 73.8 Å². The fraction of sp³-hybridized carbons (Fsp3) is 0.306. The van der Waals surface area contributed by atoms with Crippen molar-refractivity contribution in [3.8, 4) is 34.5 Å². The number of aromatic amines is 1. The Morgan fingerprint density at radius 3 is 2.47 bits per heavy atom. The number of carbonyl (C=O) groups excluding carboxylic acids is 3. The number of methoxy groups -OCH3 is 1. The zero-order valence-electron chi connectivity index (χ0n) is 42.9. The van der Waals surface area contributed by atoms with Gasteiger partial charge >= 0.3 is 5.97 Å². The van der Waals surface area contributed by atoms with Gasteiger partial charge < -0.3 is 54.4 Å². The number of phenolic OH excluding ortho intramolecular Hbond substituents is 3. The molecule has 392 valence electrons. The molecule has 4 bridgehead atoms. The molecule has 2 aromatic heterocycles. The van der Waals surface area contributed by atoms with E-state index in [0.717, 1.165) is 45.6 Å². The van der Waals surface area contributed by atoms with Gasteiger partial charge in [-0.1, -0.05) is 66.8 Å². The number of ketones is 2. The summed E-state index contributed by atoms with van der Waals surface area (Å²) in [5.74, 6) is 0.179. The molecular weight excluding hydrogens is 961 g/mol. The van der Waals surface area contributed by atoms with Crippen molar-refractivity contribution >= 4 is 34.0 Å². The number of hydrogen-bond acceptors (Lipinski definition) is 12. The summed E-state index contributed by atoms with van der Waals surface area (Å²) in [4.78, 5) is 46.4. The lowest BCUT2D eigenvalue weighted by molar-refractivity contribution is -0.148. The number of allylic oxidation sites excluding steroid dienone is 8. The van der Waals surface area contributed by atoms with Crippen molar-refractivity contribution in [1.82, 2.24) is 14.9 Å². The van der Waals surface area contributed by atoms with E-state index in [0.29, 0.717) is 48.9 Å². The van der Waals surface area contributed by atoms with E-state index >= 15 is 0 Å². The molecule has 76 heavy (non-hydrogen) atoms. The van der Waals surface area contributed by atoms with Gasteiger partial charge in [-0.15, -0.1) is 0 Å². The normalized spacial score (nSPS) is 22.6. The second-order valence-corrected chi connectivity index (χ2v) is 20.4. The molecule has 10 rings (SSSR count). The summed E-state index contributed by atoms with van der Waals surface area (Å²) in [5, 5.41) is 48.9. The van der Waals surface area contributed by atoms with Gasteiger partial charge in [-0.25, -0.2) is 0 Å². The van der Waals surface area contributed by atoms with Crippen LogP contribution in [0.5, 0.6) is 34.5 Å². The number of benzene rings is 4. The molecule has 0 fully saturated rings. The minimum atomic E-state index is -0.787. The molecule has 4 heterocycles. The van der Waals surface area contributed by atoms with E-state index in [2.05, 4.69) is 76.2 Å². The Labute approximate surface area is 441 Å². The van der Waals surface area contributed by atoms with Crippen LogP contribution in [0.25, 0.3) is 10.8 Å². The maximum absolute atomic E-state index is 15.0. The van der Waals surface area contributed by atoms with Crippen molar-refractivity contribution in [3.63, 3.8) is 0 Å². The van der Waals surface area contributed by atoms with Crippen molar-refractivity contribution in [2.24, 2.45) is 11.3 Å². The van der Waals surface area contributed by atoms with Crippen molar-refractivity contribution in [1.29, 1.82) is 0 Å². The number of rotatable bonds is 10. The van der Waals surface area contributed by atoms with Gasteiger partial charge in [0.1, 0.15) is 40.7 Å². The first-order valence-electron chi connectivity index (χ1n) is 26.0. The van der Waals surface area contributed by atoms with E-state index in [9.17, 15) is 34.8 Å². The summed E-state index contributed by atoms with van der Waals surface area (Å²) in [5.41, 5.74) is 5.64. The Morgan fingerprint density at radius 1 is 0.882 bits per heavy atom. The lowest BCUT2D eigenvalue weighted by Crippen LogP contribution is -2.38. The van der Waals surface area contributed by atoms with Crippen LogP contribution < -0.4 is 19.7 Å². The van der Waals surface area contributed by atoms with Crippen LogP contribution in [0.15, 0.2) is 158 Å². The number of nitrogens with one attached hydrogen (secondary N) is 2. The summed E-state index contributed by atoms with van der Waals surface area (Å²) in [6, 6.07) is 19.8. The van der Waals surface area contributed by atoms with Gasteiger partial charge in [0.05, 0.1) is 25.4 Å². The molecule has 1 spiro atoms. The number of aromatic hydroxyl groups is 3. The standard InChI is InChI=1S/C62H64N4O10/c1-38(68)20-24-66-56-17-16-42(37-67)53-35-65(36-54(53)56)57(43-27-58(73)61(59(28-43)74-3)76-49-14-8-13-47(71)30-49)32-48(72)31-50(75-39(2)69)18-22-62-21-5-4-10-45(62)11-7-15-55(62)52-34-63-33-44(52)26-51(40-9-6-12-46(70)25-40)41-19-23-64-60(66)29-41/h4-10,12-17,19,21,25,27-30,33-36,45,50-51,55,57,63-64,67,70-71,73H,11,18,20,22-24,26,31-32,37H2,1-3H3/t45-,50-,51+,55-,57+,62-/m1/s1. The van der Waals surface area contributed by atoms with Crippen molar-refractivity contribution < 1.29 is 49.0 Å². The minimum absolute atomic E-state index is 0.00362. The summed E-state index contributed by atoms with van der Waals surface area (Å²) < 4.78 is 19.9. The molecule has 0 amide bonds. The van der Waals surface area contributed by atoms with E-state index < -0.39 is 23.5 Å². The van der Waals surface area contributed by atoms with Crippen LogP contribution in [-0.2, 0) is 32.1 Å². The van der Waals surface area contributed by atoms with Crippen molar-refractivity contribution in [2.75, 3.05) is 25.1 Å². The molecule has 6 atom stereocenters. The predicted octanol–water partition coefficient (Wildman–Crippen LogP) is 11.0. The highest BCUT2D eigenvalue weighted by molar-refractivity contribution is 5.97. The fourth-order valence-electron chi connectivity index (χ4n) is 12.0. The summed E-state index contributed by atoms with van der Waals surface area (Å²) in [7, 11) is 1.45. The first kappa shape index (κ1) is 51.3. The molecule has 6 aromatic rings. The molecule has 14 nitrogen and oxygen atoms in total. The van der Waals surface area contributed by atoms with E-state index in [-0.39, 0.29) is 89.7 Å². The smallest absolute Gasteiger partial charge is 0.302 e. The molecule has 0 unspecified atom stereocenters. The number of phenols is 3. The molecular formula is C62H64N4O10. The SMILES string of the molecule is COc1cc([C@@H]2CC(=O)C[C@H](OC(C)=O)CC[C@]34C=CC=C[C@@H]3CC=C[C@@H]4c3c[nH]cc3C[C@@H](c3cccc(O)c3)C3=CCNC(=C3)N(CCC(C)=O)c3ccc(CO)c4cn2cc34)cc(O)c1Oc1cccc(O)c1. The Kier molecular flexibility index (Phi) is 14.8. The maximum Gasteiger partial charge on any atom is 0.302 e. The molecule has 2 aliphatic carbocycles. The zero-order valence-corrected chi connectivity index (χ0v) is 42.9. The zero-order chi connectivity index (χ0) is 53.1. The average molecular weight is 1030 g/mol. The number of H-pyrrole nitrogens is 1. The highest BCUT2D eigenvalue weighted by Gasteiger charge is 2.46. The second-order valence-electron chi connectivity index (χ2n) is 20.4. The number of ether oxygens (including phenoxy) is 3. The predicted molar refractivity (Wildman–Crippen MR) is 291 cm³/mol. The number of Topliss-reactive ketones (excluding diaryl/α,β-unsaturated/α-hetero) is 2. The Balaban J connectivity index is 1.17. The summed E-state index contributed by atoms with van der Waals surface area (Å²) >= 11 is 0. The van der Waals surface area contributed by atoms with Crippen LogP contribution in [0.1, 0.15) is 98.1 Å². The number of aliphatic hydroxyl groups is 1. The van der Waals surface area contributed by atoms with Gasteiger partial charge in [0.25, 0.3) is 0 Å². The lowest BCUT2D eigenvalue weighted by Gasteiger charge is -2.47. The summed E-state index contributed by atoms with van der Waals surface area (Å²) in [6.45, 7) is 3.43. The molecule has 0 saturated carbocycles. The Bertz CT molecular complexity index is 3340. The molecule has 2 aliphatic heterocycles. The quantitative estimate of drug-likeness (QED) is 0.0562. The van der Waals surface area contributed by atoms with Gasteiger partial charge in [0.15, 0.2) is 11.5 Å². The molecule has 6 N–H and O–H groups in total. The second kappa shape index (κ2) is 21.9. The van der Waals surface area contributed by atoms with Gasteiger partial charge in [-0.3, -0.25) is 14.4 Å². The number of esters is 1. The van der Waals surface area contributed by atoms with Gasteiger partial charge in [-0.05, 0) is 120 Å². The third-order valence-corrected chi connectivity index (χ3v) is 15.6. The Hall–Kier alpha value is -8.23. The molecule has 0 saturated heterocycles. The van der Waals surface area contributed by atoms with Crippen LogP contribution in [0.2, 0.25) is 0 Å². The fourth-order valence-corrected chi connectivity index (χ4v) is 12.0. The average Bonchev–Trinajstić information content (AvgIpc) is 4.07. The van der Waals surface area contributed by atoms with E-state index in [1.165, 1.54) is 32.2 Å². The number of nitrogens with zero attached hydrogens (tertiary/aromatic N) is 2. The summed E-state index contributed by atoms with van der Waals surface area (Å²) in [6.07, 6.45) is 27.3. The van der Waals surface area contributed by atoms with Gasteiger partial charge in [-0.2, -0.15) is 0 Å². The van der Waals surface area contributed by atoms with Crippen LogP contribution >= 0.6 is 0 Å². The first-order chi connectivity index (χ1) is 36.8. The molecule has 14 heteroatoms. The van der Waals surface area contributed by atoms with Crippen molar-refractivity contribution in [2.45, 2.75) is 89.4 Å². The number of anilines is 1. The number of aliphatic hydroxyl groups excluding tert-OH is 1. The lowest BCUT2D eigenvalue weighted by atomic mass is 9.57. The molecule has 4 aliphatic rings. The highest BCUT2D eigenvalue weighted by atomic mass is 16.5. The molecule has 4 aromatic carbocycles. The van der Waals surface area contributed by atoms with Gasteiger partial charge in [0, 0.05) is 98.2 Å². The van der Waals surface area contributed by atoms with E-state index in [1.54, 1.807) is 31.2 Å². The Morgan fingerprint density at radius 2 is 1.70 bits per heavy atom. The third kappa shape index (κ3) is 10.5. The number of aromatic nitrogens is 2. The maximum atomic E-state index is 15.0. The number of hydrogen-bond donors (Lipinski definition) is 6. The first-order valence-corrected chi connectivity index (χ1v) is 26.0. The van der Waals surface area contributed by atoms with Crippen LogP contribution in [0.4, 0.5) is 5.69 Å². The van der Waals surface area contributed by atoms with Crippen LogP contribution in [0.3, 0.4) is 0 Å². The number of carbonyl (C=O) groups is 3. The highest BCUT2D eigenvalue weighted by Crippen LogP contribution is 2.55. The van der Waals surface area contributed by atoms with Crippen LogP contribution in [0, 0.1) is 11.3 Å². The number of dihydropyridines is 1. The van der Waals surface area contributed by atoms with Crippen molar-refractivity contribution in [3.05, 3.63) is 185 Å². The molecule has 0 radical (unpaired) electrons. The number of fused-ring (bicyclic) bond motifs is 4. The monoisotopic (exact) mass is 1020 g/mol. The topological polar surface area (TPSA) is 196 Å². The van der Waals surface area contributed by atoms with E-state index in [4.69, 9.17) is 14.2 Å². The third-order valence-electron chi connectivity index (χ3n) is 15.6. The largest absolute Gasteiger partial charge is 0.508 e. The van der Waals surface area contributed by atoms with E-state index in [1.807, 2.05) is 47.3 Å². The van der Waals surface area contributed by atoms with Gasteiger partial charge in [0.2, 0.25) is 5.75 Å².